The number of urea groups is 1. The molecular formula is C19H32N4O3S. The first-order valence-corrected chi connectivity index (χ1v) is 11.3. The van der Waals surface area contributed by atoms with Crippen LogP contribution >= 0.6 is 0 Å². The zero-order valence-corrected chi connectivity index (χ0v) is 17.4. The average Bonchev–Trinajstić information content (AvgIpc) is 2.67. The monoisotopic (exact) mass is 396 g/mol. The SMILES string of the molecule is CCCNC(=O)Nc1cc(S(=O)(=O)N(CC)CC)ccc1N1CCCCC1. The number of sulfonamides is 1. The Morgan fingerprint density at radius 3 is 2.37 bits per heavy atom. The van der Waals surface area contributed by atoms with E-state index in [1.807, 2.05) is 26.8 Å². The van der Waals surface area contributed by atoms with E-state index in [0.717, 1.165) is 38.0 Å². The van der Waals surface area contributed by atoms with Crippen LogP contribution < -0.4 is 15.5 Å². The highest BCUT2D eigenvalue weighted by molar-refractivity contribution is 7.89. The first-order valence-electron chi connectivity index (χ1n) is 9.88. The number of hydrogen-bond acceptors (Lipinski definition) is 4. The van der Waals surface area contributed by atoms with Crippen LogP contribution in [0.1, 0.15) is 46.5 Å². The minimum absolute atomic E-state index is 0.206. The lowest BCUT2D eigenvalue weighted by atomic mass is 10.1. The topological polar surface area (TPSA) is 81.8 Å². The number of nitrogens with one attached hydrogen (secondary N) is 2. The first-order chi connectivity index (χ1) is 12.9. The summed E-state index contributed by atoms with van der Waals surface area (Å²) in [7, 11) is -3.58. The van der Waals surface area contributed by atoms with E-state index >= 15 is 0 Å². The molecule has 1 aliphatic rings. The highest BCUT2D eigenvalue weighted by Gasteiger charge is 2.24. The number of carbonyl (C=O) groups excluding carboxylic acids is 1. The molecule has 0 spiro atoms. The van der Waals surface area contributed by atoms with Gasteiger partial charge in [-0.25, -0.2) is 13.2 Å². The predicted molar refractivity (Wildman–Crippen MR) is 110 cm³/mol. The van der Waals surface area contributed by atoms with Crippen LogP contribution in [0, 0.1) is 0 Å². The molecule has 8 heteroatoms. The lowest BCUT2D eigenvalue weighted by molar-refractivity contribution is 0.252. The molecule has 27 heavy (non-hydrogen) atoms. The molecule has 2 rings (SSSR count). The van der Waals surface area contributed by atoms with E-state index < -0.39 is 10.0 Å². The zero-order valence-electron chi connectivity index (χ0n) is 16.6. The molecule has 152 valence electrons. The van der Waals surface area contributed by atoms with Gasteiger partial charge in [0.15, 0.2) is 0 Å². The lowest BCUT2D eigenvalue weighted by Gasteiger charge is -2.31. The van der Waals surface area contributed by atoms with E-state index in [0.29, 0.717) is 25.3 Å². The summed E-state index contributed by atoms with van der Waals surface area (Å²) in [5.74, 6) is 0. The molecule has 1 heterocycles. The molecule has 0 aliphatic carbocycles. The molecule has 1 aromatic carbocycles. The summed E-state index contributed by atoms with van der Waals surface area (Å²) in [6, 6.07) is 4.74. The number of piperidine rings is 1. The van der Waals surface area contributed by atoms with Crippen molar-refractivity contribution in [3.63, 3.8) is 0 Å². The second-order valence-electron chi connectivity index (χ2n) is 6.70. The van der Waals surface area contributed by atoms with Gasteiger partial charge in [0.1, 0.15) is 0 Å². The van der Waals surface area contributed by atoms with Crippen LogP contribution in [0.4, 0.5) is 16.2 Å². The van der Waals surface area contributed by atoms with Crippen molar-refractivity contribution in [1.29, 1.82) is 0 Å². The van der Waals surface area contributed by atoms with E-state index in [-0.39, 0.29) is 10.9 Å². The fraction of sp³-hybridized carbons (Fsp3) is 0.632. The van der Waals surface area contributed by atoms with Gasteiger partial charge in [-0.1, -0.05) is 20.8 Å². The number of rotatable bonds is 8. The van der Waals surface area contributed by atoms with E-state index in [1.165, 1.54) is 10.7 Å². The third-order valence-corrected chi connectivity index (χ3v) is 6.84. The van der Waals surface area contributed by atoms with Gasteiger partial charge in [0, 0.05) is 32.7 Å². The van der Waals surface area contributed by atoms with Gasteiger partial charge in [-0.15, -0.1) is 0 Å². The van der Waals surface area contributed by atoms with Gasteiger partial charge in [-0.2, -0.15) is 4.31 Å². The van der Waals surface area contributed by atoms with Crippen LogP contribution in [-0.4, -0.2) is 51.5 Å². The Morgan fingerprint density at radius 2 is 1.78 bits per heavy atom. The van der Waals surface area contributed by atoms with Crippen LogP contribution in [0.3, 0.4) is 0 Å². The number of carbonyl (C=O) groups is 1. The number of hydrogen-bond donors (Lipinski definition) is 2. The maximum atomic E-state index is 12.9. The quantitative estimate of drug-likeness (QED) is 0.707. The van der Waals surface area contributed by atoms with Crippen molar-refractivity contribution < 1.29 is 13.2 Å². The fourth-order valence-electron chi connectivity index (χ4n) is 3.30. The van der Waals surface area contributed by atoms with Crippen molar-refractivity contribution in [3.8, 4) is 0 Å². The van der Waals surface area contributed by atoms with E-state index in [2.05, 4.69) is 15.5 Å². The van der Waals surface area contributed by atoms with Gasteiger partial charge in [-0.05, 0) is 43.9 Å². The third-order valence-electron chi connectivity index (χ3n) is 4.79. The van der Waals surface area contributed by atoms with Crippen molar-refractivity contribution in [2.45, 2.75) is 51.3 Å². The Balaban J connectivity index is 2.38. The molecule has 1 aromatic rings. The molecule has 0 unspecified atom stereocenters. The molecule has 1 saturated heterocycles. The molecule has 7 nitrogen and oxygen atoms in total. The highest BCUT2D eigenvalue weighted by atomic mass is 32.2. The summed E-state index contributed by atoms with van der Waals surface area (Å²) in [4.78, 5) is 14.6. The smallest absolute Gasteiger partial charge is 0.319 e. The van der Waals surface area contributed by atoms with Gasteiger partial charge in [0.25, 0.3) is 0 Å². The molecule has 0 bridgehead atoms. The molecular weight excluding hydrogens is 364 g/mol. The van der Waals surface area contributed by atoms with Gasteiger partial charge in [0.05, 0.1) is 16.3 Å². The summed E-state index contributed by atoms with van der Waals surface area (Å²) in [5.41, 5.74) is 1.42. The van der Waals surface area contributed by atoms with Gasteiger partial charge in [-0.3, -0.25) is 0 Å². The van der Waals surface area contributed by atoms with E-state index in [4.69, 9.17) is 0 Å². The van der Waals surface area contributed by atoms with E-state index in [1.54, 1.807) is 12.1 Å². The number of benzene rings is 1. The maximum Gasteiger partial charge on any atom is 0.319 e. The normalized spacial score (nSPS) is 15.0. The molecule has 0 aromatic heterocycles. The first kappa shape index (κ1) is 21.5. The minimum Gasteiger partial charge on any atom is -0.370 e. The van der Waals surface area contributed by atoms with Gasteiger partial charge < -0.3 is 15.5 Å². The van der Waals surface area contributed by atoms with Crippen LogP contribution in [0.5, 0.6) is 0 Å². The zero-order chi connectivity index (χ0) is 19.9. The summed E-state index contributed by atoms with van der Waals surface area (Å²) < 4.78 is 27.2. The Bertz CT molecular complexity index is 726. The van der Waals surface area contributed by atoms with Gasteiger partial charge in [0.2, 0.25) is 10.0 Å². The molecule has 0 saturated carbocycles. The fourth-order valence-corrected chi connectivity index (χ4v) is 4.79. The molecule has 2 N–H and O–H groups in total. The van der Waals surface area contributed by atoms with E-state index in [9.17, 15) is 13.2 Å². The summed E-state index contributed by atoms with van der Waals surface area (Å²) in [5, 5.41) is 5.64. The van der Waals surface area contributed by atoms with Crippen molar-refractivity contribution >= 4 is 27.4 Å². The Kier molecular flexibility index (Phi) is 7.91. The number of anilines is 2. The van der Waals surface area contributed by atoms with Crippen molar-refractivity contribution in [3.05, 3.63) is 18.2 Å². The van der Waals surface area contributed by atoms with Crippen LogP contribution in [0.15, 0.2) is 23.1 Å². The molecule has 0 atom stereocenters. The van der Waals surface area contributed by atoms with Crippen molar-refractivity contribution in [2.24, 2.45) is 0 Å². The van der Waals surface area contributed by atoms with Crippen LogP contribution in [0.25, 0.3) is 0 Å². The maximum absolute atomic E-state index is 12.9. The Labute approximate surface area is 163 Å². The van der Waals surface area contributed by atoms with Gasteiger partial charge >= 0.3 is 6.03 Å². The van der Waals surface area contributed by atoms with Crippen molar-refractivity contribution in [2.75, 3.05) is 42.9 Å². The molecule has 2 amide bonds. The second kappa shape index (κ2) is 9.94. The minimum atomic E-state index is -3.58. The number of nitrogens with zero attached hydrogens (tertiary/aromatic N) is 2. The Morgan fingerprint density at radius 1 is 1.11 bits per heavy atom. The second-order valence-corrected chi connectivity index (χ2v) is 8.63. The number of amides is 2. The third kappa shape index (κ3) is 5.35. The molecule has 1 aliphatic heterocycles. The summed E-state index contributed by atoms with van der Waals surface area (Å²) in [6.07, 6.45) is 4.23. The standard InChI is InChI=1S/C19H32N4O3S/c1-4-12-20-19(24)21-17-15-16(27(25,26)23(5-2)6-3)10-11-18(17)22-13-8-7-9-14-22/h10-11,15H,4-9,12-14H2,1-3H3,(H2,20,21,24). The largest absolute Gasteiger partial charge is 0.370 e. The van der Waals surface area contributed by atoms with Crippen LogP contribution in [-0.2, 0) is 10.0 Å². The predicted octanol–water partition coefficient (Wildman–Crippen LogP) is 3.24. The Hall–Kier alpha value is -1.80. The summed E-state index contributed by atoms with van der Waals surface area (Å²) in [6.45, 7) is 8.83. The summed E-state index contributed by atoms with van der Waals surface area (Å²) >= 11 is 0. The van der Waals surface area contributed by atoms with Crippen LogP contribution in [0.2, 0.25) is 0 Å². The average molecular weight is 397 g/mol. The van der Waals surface area contributed by atoms with Crippen molar-refractivity contribution in [1.82, 2.24) is 9.62 Å². The molecule has 1 fully saturated rings. The highest BCUT2D eigenvalue weighted by Crippen LogP contribution is 2.32. The lowest BCUT2D eigenvalue weighted by Crippen LogP contribution is -2.34. The molecule has 0 radical (unpaired) electrons.